The smallest absolute Gasteiger partial charge is 0.332 e. The van der Waals surface area contributed by atoms with Gasteiger partial charge in [-0.1, -0.05) is 31.9 Å². The van der Waals surface area contributed by atoms with E-state index in [0.29, 0.717) is 23.9 Å². The van der Waals surface area contributed by atoms with Gasteiger partial charge in [0.05, 0.1) is 13.2 Å². The number of hydrogen-bond acceptors (Lipinski definition) is 6. The van der Waals surface area contributed by atoms with Crippen LogP contribution in [0.25, 0.3) is 0 Å². The van der Waals surface area contributed by atoms with Crippen molar-refractivity contribution < 1.29 is 28.5 Å². The van der Waals surface area contributed by atoms with Crippen LogP contribution in [0.15, 0.2) is 0 Å². The molecule has 0 aliphatic rings. The molecule has 0 aromatic rings. The first-order chi connectivity index (χ1) is 8.70. The molecule has 106 valence electrons. The number of carbonyl (C=O) groups is 2. The van der Waals surface area contributed by atoms with Gasteiger partial charge in [0.1, 0.15) is 26.4 Å². The second kappa shape index (κ2) is 13.3. The largest absolute Gasteiger partial charge is 0.460 e. The summed E-state index contributed by atoms with van der Waals surface area (Å²) >= 11 is 6.31. The fourth-order valence-corrected chi connectivity index (χ4v) is 1.27. The number of ether oxygens (including phenoxy) is 4. The molecule has 0 aromatic carbocycles. The summed E-state index contributed by atoms with van der Waals surface area (Å²) in [6.45, 7) is 0.702. The number of esters is 2. The lowest BCUT2D eigenvalue weighted by Crippen LogP contribution is -2.19. The molecule has 18 heavy (non-hydrogen) atoms. The molecule has 0 radical (unpaired) electrons. The van der Waals surface area contributed by atoms with Crippen molar-refractivity contribution in [3.8, 4) is 0 Å². The second-order valence-electron chi connectivity index (χ2n) is 2.92. The van der Waals surface area contributed by atoms with Crippen molar-refractivity contribution in [2.45, 2.75) is 0 Å². The highest BCUT2D eigenvalue weighted by Crippen LogP contribution is 1.88. The van der Waals surface area contributed by atoms with E-state index in [1.165, 1.54) is 0 Å². The Labute approximate surface area is 123 Å². The van der Waals surface area contributed by atoms with Gasteiger partial charge >= 0.3 is 11.9 Å². The Morgan fingerprint density at radius 2 is 1.11 bits per heavy atom. The molecule has 0 aromatic heterocycles. The van der Waals surface area contributed by atoms with E-state index in [2.05, 4.69) is 31.9 Å². The molecule has 0 saturated carbocycles. The van der Waals surface area contributed by atoms with Crippen molar-refractivity contribution in [1.29, 1.82) is 0 Å². The predicted octanol–water partition coefficient (Wildman–Crippen LogP) is 0.896. The Hall–Kier alpha value is -0.180. The molecule has 0 amide bonds. The van der Waals surface area contributed by atoms with Crippen LogP contribution in [0.3, 0.4) is 0 Å². The van der Waals surface area contributed by atoms with E-state index in [0.717, 1.165) is 0 Å². The number of halogens is 2. The number of hydrogen-bond donors (Lipinski definition) is 0. The van der Waals surface area contributed by atoms with E-state index in [-0.39, 0.29) is 26.4 Å². The minimum absolute atomic E-state index is 0.0146. The van der Waals surface area contributed by atoms with Crippen LogP contribution in [-0.4, -0.2) is 62.2 Å². The van der Waals surface area contributed by atoms with Gasteiger partial charge in [0.15, 0.2) is 0 Å². The van der Waals surface area contributed by atoms with E-state index in [1.54, 1.807) is 0 Å². The molecule has 0 aliphatic carbocycles. The van der Waals surface area contributed by atoms with E-state index in [4.69, 9.17) is 18.9 Å². The summed E-state index contributed by atoms with van der Waals surface area (Å²) < 4.78 is 19.4. The van der Waals surface area contributed by atoms with Gasteiger partial charge in [0, 0.05) is 10.7 Å². The summed E-state index contributed by atoms with van der Waals surface area (Å²) in [7, 11) is 0. The highest BCUT2D eigenvalue weighted by molar-refractivity contribution is 9.09. The zero-order valence-corrected chi connectivity index (χ0v) is 13.0. The SMILES string of the molecule is O=C(COCCBr)OCCOC(=O)COCCBr. The standard InChI is InChI=1S/C10H16Br2O6/c11-1-3-15-7-9(13)17-5-6-18-10(14)8-16-4-2-12/h1-8H2. The molecule has 0 bridgehead atoms. The van der Waals surface area contributed by atoms with Crippen molar-refractivity contribution in [3.63, 3.8) is 0 Å². The van der Waals surface area contributed by atoms with Gasteiger partial charge in [0.25, 0.3) is 0 Å². The van der Waals surface area contributed by atoms with Crippen LogP contribution < -0.4 is 0 Å². The Kier molecular flexibility index (Phi) is 13.1. The van der Waals surface area contributed by atoms with Gasteiger partial charge in [0.2, 0.25) is 0 Å². The van der Waals surface area contributed by atoms with Crippen molar-refractivity contribution in [2.75, 3.05) is 50.3 Å². The molecule has 0 N–H and O–H groups in total. The molecular formula is C10H16Br2O6. The average Bonchev–Trinajstić information content (AvgIpc) is 2.35. The maximum absolute atomic E-state index is 11.0. The third kappa shape index (κ3) is 12.3. The first-order valence-electron chi connectivity index (χ1n) is 5.29. The Morgan fingerprint density at radius 1 is 0.722 bits per heavy atom. The first-order valence-corrected chi connectivity index (χ1v) is 7.53. The Balaban J connectivity index is 3.32. The van der Waals surface area contributed by atoms with Crippen LogP contribution >= 0.6 is 31.9 Å². The molecule has 0 rings (SSSR count). The minimum atomic E-state index is -0.484. The van der Waals surface area contributed by atoms with Crippen LogP contribution in [0.1, 0.15) is 0 Å². The molecule has 0 heterocycles. The molecule has 0 saturated heterocycles. The van der Waals surface area contributed by atoms with Crippen LogP contribution in [0.5, 0.6) is 0 Å². The van der Waals surface area contributed by atoms with E-state index in [9.17, 15) is 9.59 Å². The lowest BCUT2D eigenvalue weighted by atomic mass is 10.6. The maximum atomic E-state index is 11.0. The normalized spacial score (nSPS) is 10.1. The van der Waals surface area contributed by atoms with Crippen LogP contribution in [0.2, 0.25) is 0 Å². The van der Waals surface area contributed by atoms with E-state index in [1.807, 2.05) is 0 Å². The molecule has 0 fully saturated rings. The Bertz CT molecular complexity index is 212. The van der Waals surface area contributed by atoms with E-state index < -0.39 is 11.9 Å². The van der Waals surface area contributed by atoms with Gasteiger partial charge in [-0.05, 0) is 0 Å². The van der Waals surface area contributed by atoms with Gasteiger partial charge in [-0.25, -0.2) is 9.59 Å². The highest BCUT2D eigenvalue weighted by Gasteiger charge is 2.05. The third-order valence-electron chi connectivity index (χ3n) is 1.49. The van der Waals surface area contributed by atoms with Gasteiger partial charge < -0.3 is 18.9 Å². The summed E-state index contributed by atoms with van der Waals surface area (Å²) in [6.07, 6.45) is 0. The quantitative estimate of drug-likeness (QED) is 0.296. The fraction of sp³-hybridized carbons (Fsp3) is 0.800. The first kappa shape index (κ1) is 17.8. The topological polar surface area (TPSA) is 71.1 Å². The summed E-state index contributed by atoms with van der Waals surface area (Å²) in [6, 6.07) is 0. The minimum Gasteiger partial charge on any atom is -0.460 e. The lowest BCUT2D eigenvalue weighted by molar-refractivity contribution is -0.157. The van der Waals surface area contributed by atoms with Crippen LogP contribution in [-0.2, 0) is 28.5 Å². The molecule has 8 heteroatoms. The number of alkyl halides is 2. The third-order valence-corrected chi connectivity index (χ3v) is 2.14. The van der Waals surface area contributed by atoms with Crippen molar-refractivity contribution in [2.24, 2.45) is 0 Å². The molecule has 0 atom stereocenters. The zero-order valence-electron chi connectivity index (χ0n) is 9.86. The molecular weight excluding hydrogens is 376 g/mol. The van der Waals surface area contributed by atoms with Crippen molar-refractivity contribution in [3.05, 3.63) is 0 Å². The summed E-state index contributed by atoms with van der Waals surface area (Å²) in [5, 5.41) is 1.32. The highest BCUT2D eigenvalue weighted by atomic mass is 79.9. The molecule has 0 aliphatic heterocycles. The van der Waals surface area contributed by atoms with E-state index >= 15 is 0 Å². The number of carbonyl (C=O) groups excluding carboxylic acids is 2. The molecule has 6 nitrogen and oxygen atoms in total. The number of rotatable bonds is 11. The van der Waals surface area contributed by atoms with Crippen molar-refractivity contribution >= 4 is 43.8 Å². The molecule has 0 spiro atoms. The second-order valence-corrected chi connectivity index (χ2v) is 4.51. The van der Waals surface area contributed by atoms with Gasteiger partial charge in [-0.2, -0.15) is 0 Å². The summed E-state index contributed by atoms with van der Waals surface area (Å²) in [4.78, 5) is 22.1. The monoisotopic (exact) mass is 390 g/mol. The van der Waals surface area contributed by atoms with Gasteiger partial charge in [-0.3, -0.25) is 0 Å². The summed E-state index contributed by atoms with van der Waals surface area (Å²) in [5.41, 5.74) is 0. The molecule has 0 unspecified atom stereocenters. The van der Waals surface area contributed by atoms with Crippen LogP contribution in [0, 0.1) is 0 Å². The predicted molar refractivity (Wildman–Crippen MR) is 71.1 cm³/mol. The fourth-order valence-electron chi connectivity index (χ4n) is 0.814. The zero-order chi connectivity index (χ0) is 13.6. The van der Waals surface area contributed by atoms with Crippen molar-refractivity contribution in [1.82, 2.24) is 0 Å². The Morgan fingerprint density at radius 3 is 1.44 bits per heavy atom. The average molecular weight is 392 g/mol. The summed E-state index contributed by atoms with van der Waals surface area (Å²) in [5.74, 6) is -0.968. The lowest BCUT2D eigenvalue weighted by Gasteiger charge is -2.06. The van der Waals surface area contributed by atoms with Gasteiger partial charge in [-0.15, -0.1) is 0 Å². The maximum Gasteiger partial charge on any atom is 0.332 e. The van der Waals surface area contributed by atoms with Crippen LogP contribution in [0.4, 0.5) is 0 Å².